The van der Waals surface area contributed by atoms with Crippen LogP contribution in [0.2, 0.25) is 0 Å². The number of rotatable bonds is 7. The van der Waals surface area contributed by atoms with Crippen molar-refractivity contribution < 1.29 is 14.7 Å². The van der Waals surface area contributed by atoms with Crippen molar-refractivity contribution in [3.05, 3.63) is 58.3 Å². The molecule has 4 rings (SSSR count). The van der Waals surface area contributed by atoms with Crippen LogP contribution in [-0.4, -0.2) is 41.0 Å². The van der Waals surface area contributed by atoms with Gasteiger partial charge in [0.15, 0.2) is 0 Å². The van der Waals surface area contributed by atoms with E-state index in [0.29, 0.717) is 19.4 Å². The van der Waals surface area contributed by atoms with Crippen LogP contribution < -0.4 is 5.32 Å². The molecule has 160 valence electrons. The van der Waals surface area contributed by atoms with Gasteiger partial charge in [-0.1, -0.05) is 42.8 Å². The topological polar surface area (TPSA) is 69.6 Å². The van der Waals surface area contributed by atoms with Crippen LogP contribution in [0.1, 0.15) is 49.0 Å². The zero-order valence-electron chi connectivity index (χ0n) is 17.3. The van der Waals surface area contributed by atoms with E-state index in [4.69, 9.17) is 0 Å². The van der Waals surface area contributed by atoms with Crippen molar-refractivity contribution in [2.24, 2.45) is 5.92 Å². The van der Waals surface area contributed by atoms with E-state index in [1.54, 1.807) is 16.2 Å². The third-order valence-electron chi connectivity index (χ3n) is 6.60. The molecule has 1 aliphatic carbocycles. The normalized spacial score (nSPS) is 24.3. The Morgan fingerprint density at radius 3 is 2.60 bits per heavy atom. The van der Waals surface area contributed by atoms with Gasteiger partial charge < -0.3 is 15.3 Å². The number of nitrogens with one attached hydrogen (secondary N) is 1. The second-order valence-electron chi connectivity index (χ2n) is 8.49. The minimum Gasteiger partial charge on any atom is -0.388 e. The Balaban J connectivity index is 1.41. The second kappa shape index (κ2) is 9.31. The van der Waals surface area contributed by atoms with Crippen LogP contribution in [0.3, 0.4) is 0 Å². The highest BCUT2D eigenvalue weighted by atomic mass is 32.1. The maximum atomic E-state index is 12.8. The zero-order valence-corrected chi connectivity index (χ0v) is 18.1. The number of nitrogens with zero attached hydrogens (tertiary/aromatic N) is 1. The summed E-state index contributed by atoms with van der Waals surface area (Å²) in [6, 6.07) is 13.8. The van der Waals surface area contributed by atoms with Crippen LogP contribution in [0.5, 0.6) is 0 Å². The van der Waals surface area contributed by atoms with E-state index in [2.05, 4.69) is 16.8 Å². The van der Waals surface area contributed by atoms with E-state index in [0.717, 1.165) is 37.7 Å². The molecule has 0 unspecified atom stereocenters. The summed E-state index contributed by atoms with van der Waals surface area (Å²) in [6.07, 6.45) is 4.82. The molecule has 0 radical (unpaired) electrons. The summed E-state index contributed by atoms with van der Waals surface area (Å²) < 4.78 is 0. The minimum atomic E-state index is -0.834. The van der Waals surface area contributed by atoms with E-state index < -0.39 is 11.6 Å². The molecule has 2 fully saturated rings. The van der Waals surface area contributed by atoms with Gasteiger partial charge in [0.1, 0.15) is 0 Å². The number of likely N-dealkylation sites (tertiary alicyclic amines) is 1. The molecular formula is C24H30N2O3S. The highest BCUT2D eigenvalue weighted by molar-refractivity contribution is 7.09. The van der Waals surface area contributed by atoms with Crippen LogP contribution >= 0.6 is 11.3 Å². The third kappa shape index (κ3) is 4.44. The predicted molar refractivity (Wildman–Crippen MR) is 118 cm³/mol. The smallest absolute Gasteiger partial charge is 0.223 e. The fourth-order valence-corrected chi connectivity index (χ4v) is 5.22. The quantitative estimate of drug-likeness (QED) is 0.712. The van der Waals surface area contributed by atoms with Gasteiger partial charge in [-0.2, -0.15) is 0 Å². The lowest BCUT2D eigenvalue weighted by Crippen LogP contribution is -2.63. The first kappa shape index (κ1) is 21.1. The summed E-state index contributed by atoms with van der Waals surface area (Å²) in [7, 11) is 0. The molecule has 6 heteroatoms. The summed E-state index contributed by atoms with van der Waals surface area (Å²) in [5.74, 6) is 0.159. The number of benzene rings is 1. The molecule has 2 heterocycles. The first-order chi connectivity index (χ1) is 14.6. The Kier molecular flexibility index (Phi) is 6.54. The molecule has 1 aromatic carbocycles. The average molecular weight is 427 g/mol. The number of hydrogen-bond acceptors (Lipinski definition) is 4. The lowest BCUT2D eigenvalue weighted by molar-refractivity contribution is -0.140. The van der Waals surface area contributed by atoms with Crippen molar-refractivity contribution in [3.8, 4) is 0 Å². The molecule has 0 bridgehead atoms. The number of aliphatic hydroxyl groups excluding tert-OH is 1. The molecule has 30 heavy (non-hydrogen) atoms. The summed E-state index contributed by atoms with van der Waals surface area (Å²) in [4.78, 5) is 28.6. The molecule has 2 aliphatic rings. The Morgan fingerprint density at radius 2 is 1.97 bits per heavy atom. The number of piperidine rings is 1. The summed E-state index contributed by atoms with van der Waals surface area (Å²) in [5, 5.41) is 16.4. The van der Waals surface area contributed by atoms with Gasteiger partial charge in [0.05, 0.1) is 11.6 Å². The van der Waals surface area contributed by atoms with Gasteiger partial charge in [-0.15, -0.1) is 11.3 Å². The number of hydrogen-bond donors (Lipinski definition) is 2. The Hall–Kier alpha value is -2.18. The molecule has 1 saturated heterocycles. The molecule has 1 saturated carbocycles. The molecular weight excluding hydrogens is 396 g/mol. The fraction of sp³-hybridized carbons (Fsp3) is 0.500. The van der Waals surface area contributed by atoms with Gasteiger partial charge >= 0.3 is 0 Å². The number of amides is 2. The lowest BCUT2D eigenvalue weighted by Gasteiger charge is -2.47. The van der Waals surface area contributed by atoms with E-state index in [1.807, 2.05) is 36.4 Å². The van der Waals surface area contributed by atoms with Crippen molar-refractivity contribution >= 4 is 23.2 Å². The standard InChI is InChI=1S/C24H30N2O3S/c27-21-17-26(22(28)13-5-11-20-12-6-16-30-20)15-14-24(21,19-9-2-1-3-10-19)25-23(29)18-7-4-8-18/h1-3,6,9-10,12,16,18,21,27H,4-5,7-8,11,13-15,17H2,(H,25,29)/t21-,24-/m1/s1. The molecule has 2 amide bonds. The Morgan fingerprint density at radius 1 is 1.17 bits per heavy atom. The van der Waals surface area contributed by atoms with Crippen LogP contribution in [-0.2, 0) is 21.5 Å². The van der Waals surface area contributed by atoms with E-state index in [9.17, 15) is 14.7 Å². The number of β-amino-alcohol motifs (C(OH)–C–C–N with tert-alkyl or cyclic N) is 1. The van der Waals surface area contributed by atoms with Crippen LogP contribution in [0.25, 0.3) is 0 Å². The largest absolute Gasteiger partial charge is 0.388 e. The summed E-state index contributed by atoms with van der Waals surface area (Å²) in [5.41, 5.74) is 0.0803. The molecule has 2 N–H and O–H groups in total. The first-order valence-electron chi connectivity index (χ1n) is 10.9. The minimum absolute atomic E-state index is 0.0277. The maximum absolute atomic E-state index is 12.8. The number of aryl methyl sites for hydroxylation is 1. The van der Waals surface area contributed by atoms with Gasteiger partial charge in [0, 0.05) is 30.3 Å². The van der Waals surface area contributed by atoms with Crippen molar-refractivity contribution in [1.29, 1.82) is 0 Å². The number of aliphatic hydroxyl groups is 1. The highest BCUT2D eigenvalue weighted by Crippen LogP contribution is 2.36. The second-order valence-corrected chi connectivity index (χ2v) is 9.53. The van der Waals surface area contributed by atoms with Crippen LogP contribution in [0.4, 0.5) is 0 Å². The van der Waals surface area contributed by atoms with Gasteiger partial charge in [-0.05, 0) is 49.1 Å². The Labute approximate surface area is 182 Å². The van der Waals surface area contributed by atoms with Crippen molar-refractivity contribution in [1.82, 2.24) is 10.2 Å². The van der Waals surface area contributed by atoms with Crippen LogP contribution in [0, 0.1) is 5.92 Å². The SMILES string of the molecule is O=C(N[C@@]1(c2ccccc2)CCN(C(=O)CCCc2cccs2)C[C@H]1O)C1CCC1. The first-order valence-corrected chi connectivity index (χ1v) is 11.8. The molecule has 1 aliphatic heterocycles. The van der Waals surface area contributed by atoms with Gasteiger partial charge in [0.25, 0.3) is 0 Å². The zero-order chi connectivity index (χ0) is 21.0. The number of carbonyl (C=O) groups excluding carboxylic acids is 2. The fourth-order valence-electron chi connectivity index (χ4n) is 4.47. The maximum Gasteiger partial charge on any atom is 0.223 e. The predicted octanol–water partition coefficient (Wildman–Crippen LogP) is 3.48. The van der Waals surface area contributed by atoms with Crippen molar-refractivity contribution in [3.63, 3.8) is 0 Å². The van der Waals surface area contributed by atoms with E-state index >= 15 is 0 Å². The van der Waals surface area contributed by atoms with E-state index in [1.165, 1.54) is 4.88 Å². The Bertz CT molecular complexity index is 851. The van der Waals surface area contributed by atoms with Gasteiger partial charge in [-0.25, -0.2) is 0 Å². The van der Waals surface area contributed by atoms with Gasteiger partial charge in [0.2, 0.25) is 11.8 Å². The van der Waals surface area contributed by atoms with Crippen LogP contribution in [0.15, 0.2) is 47.8 Å². The average Bonchev–Trinajstić information content (AvgIpc) is 3.22. The molecule has 1 aromatic heterocycles. The number of carbonyl (C=O) groups is 2. The third-order valence-corrected chi connectivity index (χ3v) is 7.53. The van der Waals surface area contributed by atoms with Crippen molar-refractivity contribution in [2.75, 3.05) is 13.1 Å². The van der Waals surface area contributed by atoms with Gasteiger partial charge in [-0.3, -0.25) is 9.59 Å². The molecule has 0 spiro atoms. The molecule has 2 atom stereocenters. The van der Waals surface area contributed by atoms with E-state index in [-0.39, 0.29) is 24.3 Å². The monoisotopic (exact) mass is 426 g/mol. The number of thiophene rings is 1. The lowest BCUT2D eigenvalue weighted by atomic mass is 9.76. The summed E-state index contributed by atoms with van der Waals surface area (Å²) in [6.45, 7) is 0.784. The highest BCUT2D eigenvalue weighted by Gasteiger charge is 2.46. The van der Waals surface area contributed by atoms with Crippen molar-refractivity contribution in [2.45, 2.75) is 56.6 Å². The summed E-state index contributed by atoms with van der Waals surface area (Å²) >= 11 is 1.72. The molecule has 5 nitrogen and oxygen atoms in total. The molecule has 2 aromatic rings.